The van der Waals surface area contributed by atoms with Gasteiger partial charge >= 0.3 is 0 Å². The van der Waals surface area contributed by atoms with Crippen LogP contribution in [-0.2, 0) is 6.54 Å². The molecular weight excluding hydrogens is 208 g/mol. The standard InChI is InChI=1S/C15H18N2/c1-3-16-11-13-5-4-12(2)15(10-13)14-6-8-17-9-7-14/h4-10,16H,3,11H2,1-2H3. The molecule has 0 unspecified atom stereocenters. The average molecular weight is 226 g/mol. The van der Waals surface area contributed by atoms with E-state index in [-0.39, 0.29) is 0 Å². The molecule has 1 aromatic heterocycles. The molecule has 1 aromatic carbocycles. The fraction of sp³-hybridized carbons (Fsp3) is 0.267. The third-order valence-corrected chi connectivity index (χ3v) is 2.87. The minimum atomic E-state index is 0.925. The van der Waals surface area contributed by atoms with Crippen LogP contribution < -0.4 is 5.32 Å². The van der Waals surface area contributed by atoms with Crippen LogP contribution in [0.4, 0.5) is 0 Å². The molecule has 2 rings (SSSR count). The highest BCUT2D eigenvalue weighted by molar-refractivity contribution is 5.67. The van der Waals surface area contributed by atoms with E-state index in [9.17, 15) is 0 Å². The van der Waals surface area contributed by atoms with Gasteiger partial charge in [0.2, 0.25) is 0 Å². The van der Waals surface area contributed by atoms with E-state index in [1.54, 1.807) is 0 Å². The molecular formula is C15H18N2. The van der Waals surface area contributed by atoms with E-state index in [4.69, 9.17) is 0 Å². The topological polar surface area (TPSA) is 24.9 Å². The summed E-state index contributed by atoms with van der Waals surface area (Å²) in [6.45, 7) is 6.19. The van der Waals surface area contributed by atoms with E-state index in [0.717, 1.165) is 13.1 Å². The van der Waals surface area contributed by atoms with E-state index < -0.39 is 0 Å². The molecule has 0 spiro atoms. The van der Waals surface area contributed by atoms with Crippen molar-refractivity contribution in [2.75, 3.05) is 6.54 Å². The van der Waals surface area contributed by atoms with Gasteiger partial charge in [-0.3, -0.25) is 4.98 Å². The molecule has 88 valence electrons. The Bertz CT molecular complexity index is 478. The highest BCUT2D eigenvalue weighted by atomic mass is 14.8. The van der Waals surface area contributed by atoms with Gasteiger partial charge in [-0.25, -0.2) is 0 Å². The normalized spacial score (nSPS) is 10.5. The van der Waals surface area contributed by atoms with E-state index in [1.807, 2.05) is 12.4 Å². The number of nitrogens with one attached hydrogen (secondary N) is 1. The van der Waals surface area contributed by atoms with Crippen molar-refractivity contribution in [3.63, 3.8) is 0 Å². The highest BCUT2D eigenvalue weighted by Crippen LogP contribution is 2.23. The molecule has 0 fully saturated rings. The first-order valence-electron chi connectivity index (χ1n) is 6.02. The number of benzene rings is 1. The van der Waals surface area contributed by atoms with E-state index in [1.165, 1.54) is 22.3 Å². The maximum absolute atomic E-state index is 4.06. The molecule has 0 saturated heterocycles. The lowest BCUT2D eigenvalue weighted by Crippen LogP contribution is -2.11. The second kappa shape index (κ2) is 5.60. The summed E-state index contributed by atoms with van der Waals surface area (Å²) in [7, 11) is 0. The Morgan fingerprint density at radius 3 is 2.59 bits per heavy atom. The summed E-state index contributed by atoms with van der Waals surface area (Å²) in [6, 6.07) is 10.7. The molecule has 0 atom stereocenters. The smallest absolute Gasteiger partial charge is 0.0273 e. The second-order valence-electron chi connectivity index (χ2n) is 4.17. The molecule has 17 heavy (non-hydrogen) atoms. The van der Waals surface area contributed by atoms with Crippen molar-refractivity contribution in [1.29, 1.82) is 0 Å². The Labute approximate surface area is 103 Å². The number of hydrogen-bond donors (Lipinski definition) is 1. The first kappa shape index (κ1) is 11.8. The van der Waals surface area contributed by atoms with Crippen molar-refractivity contribution >= 4 is 0 Å². The fourth-order valence-corrected chi connectivity index (χ4v) is 1.89. The Morgan fingerprint density at radius 1 is 1.12 bits per heavy atom. The van der Waals surface area contributed by atoms with Crippen LogP contribution >= 0.6 is 0 Å². The third kappa shape index (κ3) is 2.92. The minimum absolute atomic E-state index is 0.925. The lowest BCUT2D eigenvalue weighted by Gasteiger charge is -2.09. The van der Waals surface area contributed by atoms with Crippen LogP contribution in [0.1, 0.15) is 18.1 Å². The molecule has 2 heteroatoms. The molecule has 0 aliphatic heterocycles. The Balaban J connectivity index is 2.33. The molecule has 0 aliphatic rings. The summed E-state index contributed by atoms with van der Waals surface area (Å²) < 4.78 is 0. The van der Waals surface area contributed by atoms with Crippen molar-refractivity contribution in [2.45, 2.75) is 20.4 Å². The van der Waals surface area contributed by atoms with Crippen LogP contribution in [-0.4, -0.2) is 11.5 Å². The molecule has 1 heterocycles. The molecule has 2 aromatic rings. The van der Waals surface area contributed by atoms with Gasteiger partial charge in [-0.05, 0) is 53.9 Å². The van der Waals surface area contributed by atoms with Crippen LogP contribution in [0, 0.1) is 6.92 Å². The molecule has 1 N–H and O–H groups in total. The summed E-state index contributed by atoms with van der Waals surface area (Å²) in [4.78, 5) is 4.06. The van der Waals surface area contributed by atoms with E-state index in [2.05, 4.69) is 54.5 Å². The van der Waals surface area contributed by atoms with Crippen LogP contribution in [0.2, 0.25) is 0 Å². The minimum Gasteiger partial charge on any atom is -0.313 e. The first-order chi connectivity index (χ1) is 8.31. The Kier molecular flexibility index (Phi) is 3.89. The molecule has 0 amide bonds. The van der Waals surface area contributed by atoms with Gasteiger partial charge in [-0.2, -0.15) is 0 Å². The van der Waals surface area contributed by atoms with Crippen molar-refractivity contribution < 1.29 is 0 Å². The van der Waals surface area contributed by atoms with Crippen LogP contribution in [0.25, 0.3) is 11.1 Å². The number of aromatic nitrogens is 1. The zero-order valence-corrected chi connectivity index (χ0v) is 10.4. The quantitative estimate of drug-likeness (QED) is 0.866. The number of pyridine rings is 1. The zero-order valence-electron chi connectivity index (χ0n) is 10.4. The lowest BCUT2D eigenvalue weighted by molar-refractivity contribution is 0.727. The van der Waals surface area contributed by atoms with Gasteiger partial charge in [0.15, 0.2) is 0 Å². The number of aryl methyl sites for hydroxylation is 1. The molecule has 0 saturated carbocycles. The molecule has 0 bridgehead atoms. The first-order valence-corrected chi connectivity index (χ1v) is 6.02. The largest absolute Gasteiger partial charge is 0.313 e. The van der Waals surface area contributed by atoms with Crippen molar-refractivity contribution in [3.05, 3.63) is 53.9 Å². The number of rotatable bonds is 4. The fourth-order valence-electron chi connectivity index (χ4n) is 1.89. The van der Waals surface area contributed by atoms with Crippen LogP contribution in [0.5, 0.6) is 0 Å². The Morgan fingerprint density at radius 2 is 1.88 bits per heavy atom. The van der Waals surface area contributed by atoms with E-state index >= 15 is 0 Å². The van der Waals surface area contributed by atoms with Crippen LogP contribution in [0.3, 0.4) is 0 Å². The predicted molar refractivity (Wildman–Crippen MR) is 71.8 cm³/mol. The average Bonchev–Trinajstić information content (AvgIpc) is 2.39. The summed E-state index contributed by atoms with van der Waals surface area (Å²) in [5.74, 6) is 0. The molecule has 0 radical (unpaired) electrons. The maximum Gasteiger partial charge on any atom is 0.0273 e. The van der Waals surface area contributed by atoms with Gasteiger partial charge in [0.25, 0.3) is 0 Å². The Hall–Kier alpha value is -1.67. The molecule has 2 nitrogen and oxygen atoms in total. The van der Waals surface area contributed by atoms with Crippen molar-refractivity contribution in [2.24, 2.45) is 0 Å². The number of hydrogen-bond acceptors (Lipinski definition) is 2. The van der Waals surface area contributed by atoms with Crippen molar-refractivity contribution in [3.8, 4) is 11.1 Å². The predicted octanol–water partition coefficient (Wildman–Crippen LogP) is 3.17. The summed E-state index contributed by atoms with van der Waals surface area (Å²) in [6.07, 6.45) is 3.68. The third-order valence-electron chi connectivity index (χ3n) is 2.87. The number of nitrogens with zero attached hydrogens (tertiary/aromatic N) is 1. The van der Waals surface area contributed by atoms with Crippen molar-refractivity contribution in [1.82, 2.24) is 10.3 Å². The summed E-state index contributed by atoms with van der Waals surface area (Å²) in [5, 5.41) is 3.35. The lowest BCUT2D eigenvalue weighted by atomic mass is 9.99. The maximum atomic E-state index is 4.06. The zero-order chi connectivity index (χ0) is 12.1. The van der Waals surface area contributed by atoms with Gasteiger partial charge < -0.3 is 5.32 Å². The SMILES string of the molecule is CCNCc1ccc(C)c(-c2ccncc2)c1. The van der Waals surface area contributed by atoms with Gasteiger partial charge in [0, 0.05) is 18.9 Å². The van der Waals surface area contributed by atoms with Gasteiger partial charge in [-0.1, -0.05) is 19.1 Å². The van der Waals surface area contributed by atoms with Crippen LogP contribution in [0.15, 0.2) is 42.7 Å². The van der Waals surface area contributed by atoms with E-state index in [0.29, 0.717) is 0 Å². The van der Waals surface area contributed by atoms with Gasteiger partial charge in [0.1, 0.15) is 0 Å². The summed E-state index contributed by atoms with van der Waals surface area (Å²) in [5.41, 5.74) is 5.15. The van der Waals surface area contributed by atoms with Gasteiger partial charge in [-0.15, -0.1) is 0 Å². The van der Waals surface area contributed by atoms with Gasteiger partial charge in [0.05, 0.1) is 0 Å². The molecule has 0 aliphatic carbocycles. The summed E-state index contributed by atoms with van der Waals surface area (Å²) >= 11 is 0. The monoisotopic (exact) mass is 226 g/mol. The second-order valence-corrected chi connectivity index (χ2v) is 4.17. The highest BCUT2D eigenvalue weighted by Gasteiger charge is 2.02.